The Kier molecular flexibility index (Phi) is 8.32. The molecule has 0 unspecified atom stereocenters. The number of hydrogen-bond acceptors (Lipinski definition) is 4. The van der Waals surface area contributed by atoms with E-state index in [-0.39, 0.29) is 6.61 Å². The van der Waals surface area contributed by atoms with Gasteiger partial charge in [0.25, 0.3) is 0 Å². The molecule has 0 radical (unpaired) electrons. The SMILES string of the molecule is CS(=O)(=O)Nc1ccc(/C(=C(\CCCO)c2ccccc2)c2ccc(C3CCN(C4CC4)CC3)cc2)cc1. The zero-order chi connectivity index (χ0) is 26.5. The summed E-state index contributed by atoms with van der Waals surface area (Å²) in [6, 6.07) is 27.8. The first-order valence-electron chi connectivity index (χ1n) is 13.7. The van der Waals surface area contributed by atoms with Crippen LogP contribution in [0.25, 0.3) is 11.1 Å². The van der Waals surface area contributed by atoms with E-state index in [0.717, 1.165) is 41.0 Å². The zero-order valence-electron chi connectivity index (χ0n) is 22.1. The molecule has 5 rings (SSSR count). The Morgan fingerprint density at radius 3 is 2.00 bits per heavy atom. The quantitative estimate of drug-likeness (QED) is 0.309. The van der Waals surface area contributed by atoms with Crippen molar-refractivity contribution >= 4 is 26.9 Å². The van der Waals surface area contributed by atoms with Gasteiger partial charge in [0.05, 0.1) is 6.26 Å². The molecule has 0 atom stereocenters. The molecule has 2 N–H and O–H groups in total. The van der Waals surface area contributed by atoms with Crippen LogP contribution in [-0.2, 0) is 10.0 Å². The van der Waals surface area contributed by atoms with E-state index in [1.54, 1.807) is 0 Å². The number of nitrogens with one attached hydrogen (secondary N) is 1. The summed E-state index contributed by atoms with van der Waals surface area (Å²) >= 11 is 0. The minimum absolute atomic E-state index is 0.124. The minimum Gasteiger partial charge on any atom is -0.396 e. The second-order valence-corrected chi connectivity index (χ2v) is 12.4. The minimum atomic E-state index is -3.35. The van der Waals surface area contributed by atoms with Gasteiger partial charge >= 0.3 is 0 Å². The van der Waals surface area contributed by atoms with Gasteiger partial charge in [-0.1, -0.05) is 66.7 Å². The highest BCUT2D eigenvalue weighted by atomic mass is 32.2. The first-order chi connectivity index (χ1) is 18.4. The van der Waals surface area contributed by atoms with E-state index in [4.69, 9.17) is 0 Å². The van der Waals surface area contributed by atoms with Gasteiger partial charge in [-0.15, -0.1) is 0 Å². The summed E-state index contributed by atoms with van der Waals surface area (Å²) in [6.07, 6.45) is 7.75. The van der Waals surface area contributed by atoms with Crippen LogP contribution < -0.4 is 4.72 Å². The molecule has 1 aliphatic heterocycles. The highest BCUT2D eigenvalue weighted by Gasteiger charge is 2.32. The highest BCUT2D eigenvalue weighted by molar-refractivity contribution is 7.92. The van der Waals surface area contributed by atoms with Crippen LogP contribution in [-0.4, -0.2) is 50.4 Å². The number of anilines is 1. The van der Waals surface area contributed by atoms with Crippen molar-refractivity contribution in [3.8, 4) is 0 Å². The summed E-state index contributed by atoms with van der Waals surface area (Å²) in [6.45, 7) is 2.53. The standard InChI is InChI=1S/C32H38N2O3S/c1-38(36,37)33-29-15-13-28(14-16-29)32(31(8-5-23-35)26-6-3-2-4-7-26)27-11-9-24(10-12-27)25-19-21-34(22-20-25)30-17-18-30/h2-4,6-7,9-16,25,30,33,35H,5,8,17-23H2,1H3/b32-31+. The summed E-state index contributed by atoms with van der Waals surface area (Å²) in [4.78, 5) is 2.67. The van der Waals surface area contributed by atoms with Crippen LogP contribution in [0, 0.1) is 0 Å². The van der Waals surface area contributed by atoms with Crippen LogP contribution in [0.5, 0.6) is 0 Å². The van der Waals surface area contributed by atoms with Gasteiger partial charge in [-0.3, -0.25) is 4.72 Å². The third kappa shape index (κ3) is 6.73. The fraction of sp³-hybridized carbons (Fsp3) is 0.375. The Morgan fingerprint density at radius 2 is 1.45 bits per heavy atom. The first kappa shape index (κ1) is 26.7. The molecule has 0 aromatic heterocycles. The van der Waals surface area contributed by atoms with Crippen LogP contribution in [0.3, 0.4) is 0 Å². The summed E-state index contributed by atoms with van der Waals surface area (Å²) in [5.41, 5.74) is 7.52. The van der Waals surface area contributed by atoms with Gasteiger partial charge in [-0.25, -0.2) is 8.42 Å². The lowest BCUT2D eigenvalue weighted by Gasteiger charge is -2.32. The maximum atomic E-state index is 11.7. The van der Waals surface area contributed by atoms with Crippen molar-refractivity contribution in [2.75, 3.05) is 30.7 Å². The molecule has 200 valence electrons. The van der Waals surface area contributed by atoms with E-state index >= 15 is 0 Å². The van der Waals surface area contributed by atoms with E-state index in [2.05, 4.69) is 46.0 Å². The zero-order valence-corrected chi connectivity index (χ0v) is 23.0. The summed E-state index contributed by atoms with van der Waals surface area (Å²) in [5.74, 6) is 0.607. The Morgan fingerprint density at radius 1 is 0.842 bits per heavy atom. The van der Waals surface area contributed by atoms with E-state index in [0.29, 0.717) is 18.0 Å². The van der Waals surface area contributed by atoms with Crippen molar-refractivity contribution in [2.24, 2.45) is 0 Å². The first-order valence-corrected chi connectivity index (χ1v) is 15.6. The third-order valence-electron chi connectivity index (χ3n) is 7.75. The fourth-order valence-corrected chi connectivity index (χ4v) is 6.27. The van der Waals surface area contributed by atoms with Gasteiger partial charge in [-0.2, -0.15) is 0 Å². The van der Waals surface area contributed by atoms with Gasteiger partial charge in [0.1, 0.15) is 0 Å². The van der Waals surface area contributed by atoms with Crippen LogP contribution in [0.15, 0.2) is 78.9 Å². The molecule has 2 fully saturated rings. The topological polar surface area (TPSA) is 69.6 Å². The van der Waals surface area contributed by atoms with E-state index < -0.39 is 10.0 Å². The number of hydrogen-bond donors (Lipinski definition) is 2. The number of allylic oxidation sites excluding steroid dienone is 1. The van der Waals surface area contributed by atoms with Crippen molar-refractivity contribution in [1.29, 1.82) is 0 Å². The van der Waals surface area contributed by atoms with Crippen molar-refractivity contribution in [3.63, 3.8) is 0 Å². The average molecular weight is 531 g/mol. The second-order valence-electron chi connectivity index (χ2n) is 10.7. The van der Waals surface area contributed by atoms with Crippen molar-refractivity contribution in [3.05, 3.63) is 101 Å². The van der Waals surface area contributed by atoms with Gasteiger partial charge in [0.15, 0.2) is 0 Å². The molecule has 0 spiro atoms. The molecule has 5 nitrogen and oxygen atoms in total. The number of piperidine rings is 1. The van der Waals surface area contributed by atoms with Crippen molar-refractivity contribution < 1.29 is 13.5 Å². The average Bonchev–Trinajstić information content (AvgIpc) is 3.78. The van der Waals surface area contributed by atoms with Crippen LogP contribution in [0.1, 0.15) is 66.7 Å². The van der Waals surface area contributed by atoms with Crippen LogP contribution >= 0.6 is 0 Å². The Hall–Kier alpha value is -2.93. The van der Waals surface area contributed by atoms with Gasteiger partial charge in [-0.05, 0) is 103 Å². The van der Waals surface area contributed by atoms with E-state index in [9.17, 15) is 13.5 Å². The summed E-state index contributed by atoms with van der Waals surface area (Å²) < 4.78 is 26.0. The number of nitrogens with zero attached hydrogens (tertiary/aromatic N) is 1. The number of rotatable bonds is 10. The molecule has 6 heteroatoms. The Labute approximate surface area is 227 Å². The van der Waals surface area contributed by atoms with Crippen molar-refractivity contribution in [2.45, 2.75) is 50.5 Å². The maximum absolute atomic E-state index is 11.7. The fourth-order valence-electron chi connectivity index (χ4n) is 5.70. The molecule has 3 aromatic carbocycles. The molecular weight excluding hydrogens is 492 g/mol. The smallest absolute Gasteiger partial charge is 0.229 e. The number of benzene rings is 3. The number of sulfonamides is 1. The summed E-state index contributed by atoms with van der Waals surface area (Å²) in [5, 5.41) is 9.68. The van der Waals surface area contributed by atoms with Crippen LogP contribution in [0.2, 0.25) is 0 Å². The van der Waals surface area contributed by atoms with Gasteiger partial charge < -0.3 is 10.0 Å². The maximum Gasteiger partial charge on any atom is 0.229 e. The number of likely N-dealkylation sites (tertiary alicyclic amines) is 1. The monoisotopic (exact) mass is 530 g/mol. The lowest BCUT2D eigenvalue weighted by molar-refractivity contribution is 0.203. The largest absolute Gasteiger partial charge is 0.396 e. The normalized spacial score (nSPS) is 17.7. The van der Waals surface area contributed by atoms with Gasteiger partial charge in [0.2, 0.25) is 10.0 Å². The number of aliphatic hydroxyl groups is 1. The Balaban J connectivity index is 1.50. The van der Waals surface area contributed by atoms with E-state index in [1.807, 2.05) is 42.5 Å². The molecule has 1 aliphatic carbocycles. The summed E-state index contributed by atoms with van der Waals surface area (Å²) in [7, 11) is -3.35. The lowest BCUT2D eigenvalue weighted by atomic mass is 9.85. The predicted molar refractivity (Wildman–Crippen MR) is 157 cm³/mol. The predicted octanol–water partition coefficient (Wildman–Crippen LogP) is 6.13. The molecule has 0 bridgehead atoms. The highest BCUT2D eigenvalue weighted by Crippen LogP contribution is 2.38. The molecule has 1 heterocycles. The van der Waals surface area contributed by atoms with Gasteiger partial charge in [0, 0.05) is 18.3 Å². The molecular formula is C32H38N2O3S. The molecule has 1 saturated heterocycles. The Bertz CT molecular complexity index is 1340. The van der Waals surface area contributed by atoms with E-state index in [1.165, 1.54) is 49.9 Å². The molecule has 3 aromatic rings. The van der Waals surface area contributed by atoms with Crippen LogP contribution in [0.4, 0.5) is 5.69 Å². The molecule has 2 aliphatic rings. The lowest BCUT2D eigenvalue weighted by Crippen LogP contribution is -2.34. The van der Waals surface area contributed by atoms with Crippen molar-refractivity contribution in [1.82, 2.24) is 4.90 Å². The number of aliphatic hydroxyl groups excluding tert-OH is 1. The third-order valence-corrected chi connectivity index (χ3v) is 8.36. The molecule has 1 saturated carbocycles. The second kappa shape index (κ2) is 11.9. The molecule has 38 heavy (non-hydrogen) atoms. The molecule has 0 amide bonds.